The van der Waals surface area contributed by atoms with Gasteiger partial charge in [0.05, 0.1) is 0 Å². The number of carbonyl (C=O) groups excluding carboxylic acids is 1. The second kappa shape index (κ2) is 19.6. The molecule has 0 bridgehead atoms. The van der Waals surface area contributed by atoms with Crippen molar-refractivity contribution < 1.29 is 19.2 Å². The molecule has 2 aliphatic rings. The summed E-state index contributed by atoms with van der Waals surface area (Å²) in [6, 6.07) is 11.6. The van der Waals surface area contributed by atoms with Gasteiger partial charge in [-0.3, -0.25) is 0 Å². The summed E-state index contributed by atoms with van der Waals surface area (Å²) in [5.74, 6) is 1.06. The molecule has 48 heavy (non-hydrogen) atoms. The Balaban J connectivity index is 1.27. The molecule has 2 aromatic carbocycles. The maximum absolute atomic E-state index is 12.1. The van der Waals surface area contributed by atoms with Crippen molar-refractivity contribution in [2.75, 3.05) is 19.0 Å². The van der Waals surface area contributed by atoms with Crippen LogP contribution in [-0.2, 0) is 9.53 Å². The summed E-state index contributed by atoms with van der Waals surface area (Å²) < 4.78 is 13.6. The minimum atomic E-state index is -0.294. The number of nitrogens with one attached hydrogen (secondary N) is 1. The molecule has 7 nitrogen and oxygen atoms in total. The fourth-order valence-corrected chi connectivity index (χ4v) is 13.9. The molecule has 0 aliphatic carbocycles. The zero-order chi connectivity index (χ0) is 34.4. The molecule has 1 N–H and O–H groups in total. The van der Waals surface area contributed by atoms with Crippen LogP contribution in [0, 0.1) is 16.0 Å². The number of nitro groups is 1. The molecule has 1 spiro atoms. The van der Waals surface area contributed by atoms with Gasteiger partial charge in [-0.05, 0) is 6.92 Å². The first-order valence-electron chi connectivity index (χ1n) is 17.9. The Kier molecular flexibility index (Phi) is 15.6. The van der Waals surface area contributed by atoms with Crippen molar-refractivity contribution in [3.05, 3.63) is 69.8 Å². The molecule has 4 rings (SSSR count). The van der Waals surface area contributed by atoms with Gasteiger partial charge < -0.3 is 0 Å². The van der Waals surface area contributed by atoms with Gasteiger partial charge in [-0.15, -0.1) is 0 Å². The van der Waals surface area contributed by atoms with E-state index < -0.39 is 0 Å². The third-order valence-corrected chi connectivity index (χ3v) is 16.2. The van der Waals surface area contributed by atoms with Crippen LogP contribution in [-0.4, -0.2) is 57.9 Å². The zero-order valence-electron chi connectivity index (χ0n) is 29.2. The molecule has 0 saturated carbocycles. The Hall–Kier alpha value is -2.57. The predicted octanol–water partition coefficient (Wildman–Crippen LogP) is 8.44. The molecule has 2 atom stereocenters. The summed E-state index contributed by atoms with van der Waals surface area (Å²) in [7, 11) is 1.73. The summed E-state index contributed by atoms with van der Waals surface area (Å²) in [6.07, 6.45) is 21.8. The molecular weight excluding hydrogens is 734 g/mol. The maximum atomic E-state index is 12.1. The number of esters is 1. The number of methoxy groups -OCH3 is 1. The minimum absolute atomic E-state index is 0.0403. The Labute approximate surface area is 300 Å². The van der Waals surface area contributed by atoms with Crippen molar-refractivity contribution in [3.8, 4) is 5.75 Å². The number of hydrogen-bond donors (Lipinski definition) is 1. The summed E-state index contributed by atoms with van der Waals surface area (Å²) in [6.45, 7) is 8.22. The van der Waals surface area contributed by atoms with E-state index in [0.717, 1.165) is 54.4 Å². The van der Waals surface area contributed by atoms with E-state index in [9.17, 15) is 14.9 Å². The Bertz CT molecular complexity index is 1430. The van der Waals surface area contributed by atoms with Crippen LogP contribution in [0.4, 0.5) is 11.4 Å². The van der Waals surface area contributed by atoms with Crippen LogP contribution in [0.1, 0.15) is 122 Å². The van der Waals surface area contributed by atoms with Crippen molar-refractivity contribution in [1.82, 2.24) is 0 Å². The monoisotopic (exact) mass is 790 g/mol. The molecule has 0 amide bonds. The first kappa shape index (κ1) is 38.2. The fraction of sp³-hybridized carbons (Fsp3) is 0.564. The first-order valence-corrected chi connectivity index (χ1v) is 21.3. The van der Waals surface area contributed by atoms with E-state index in [1.807, 2.05) is 12.1 Å². The standard InChI is InChI=1S/C39H54N2O5Se2/c1-5-6-7-8-9-10-12-15-19-30(28-46-38(42)29(2)3)20-16-13-11-14-17-21-31-26-33-35(45-4)22-18-23-36(33)47-39(31)40-34-25-24-32(41(43)44)27-37(34)48-39/h18,22-27,30,40H,2,5-17,19-21,28H2,1,3-4H3. The molecule has 2 aromatic rings. The van der Waals surface area contributed by atoms with Crippen molar-refractivity contribution in [3.63, 3.8) is 0 Å². The molecule has 2 aliphatic heterocycles. The van der Waals surface area contributed by atoms with Gasteiger partial charge in [0.1, 0.15) is 0 Å². The molecule has 9 heteroatoms. The van der Waals surface area contributed by atoms with E-state index in [-0.39, 0.29) is 49.8 Å². The topological polar surface area (TPSA) is 90.7 Å². The van der Waals surface area contributed by atoms with Crippen molar-refractivity contribution in [2.45, 2.75) is 120 Å². The van der Waals surface area contributed by atoms with Gasteiger partial charge in [0.2, 0.25) is 0 Å². The van der Waals surface area contributed by atoms with Gasteiger partial charge in [0.15, 0.2) is 0 Å². The molecule has 0 fully saturated rings. The number of nitro benzene ring substituents is 1. The van der Waals surface area contributed by atoms with E-state index >= 15 is 0 Å². The van der Waals surface area contributed by atoms with Crippen molar-refractivity contribution in [1.29, 1.82) is 0 Å². The van der Waals surface area contributed by atoms with E-state index in [4.69, 9.17) is 9.47 Å². The number of ether oxygens (including phenoxy) is 2. The number of hydrogen-bond acceptors (Lipinski definition) is 6. The Morgan fingerprint density at radius 3 is 2.23 bits per heavy atom. The predicted molar refractivity (Wildman–Crippen MR) is 200 cm³/mol. The van der Waals surface area contributed by atoms with Crippen LogP contribution in [0.5, 0.6) is 5.75 Å². The molecule has 262 valence electrons. The number of rotatable bonds is 22. The van der Waals surface area contributed by atoms with E-state index in [1.54, 1.807) is 26.2 Å². The number of fused-ring (bicyclic) bond motifs is 2. The van der Waals surface area contributed by atoms with Crippen LogP contribution >= 0.6 is 0 Å². The molecule has 0 aromatic heterocycles. The zero-order valence-corrected chi connectivity index (χ0v) is 32.6. The van der Waals surface area contributed by atoms with Crippen LogP contribution in [0.15, 0.2) is 54.1 Å². The number of carbonyl (C=O) groups is 1. The van der Waals surface area contributed by atoms with E-state index in [2.05, 4.69) is 37.0 Å². The van der Waals surface area contributed by atoms with Crippen LogP contribution < -0.4 is 19.0 Å². The summed E-state index contributed by atoms with van der Waals surface area (Å²) in [5, 5.41) is 15.4. The second-order valence-corrected chi connectivity index (χ2v) is 19.8. The molecule has 2 unspecified atom stereocenters. The van der Waals surface area contributed by atoms with Gasteiger partial charge in [0.25, 0.3) is 0 Å². The molecule has 2 heterocycles. The number of non-ortho nitro benzene ring substituents is 1. The molecular formula is C39H54N2O5Se2. The van der Waals surface area contributed by atoms with Crippen molar-refractivity contribution >= 4 is 62.3 Å². The van der Waals surface area contributed by atoms with E-state index in [1.165, 1.54) is 79.8 Å². The average Bonchev–Trinajstić information content (AvgIpc) is 3.44. The van der Waals surface area contributed by atoms with Crippen LogP contribution in [0.25, 0.3) is 6.08 Å². The summed E-state index contributed by atoms with van der Waals surface area (Å²) in [4.78, 5) is 23.3. The molecule has 0 radical (unpaired) electrons. The van der Waals surface area contributed by atoms with E-state index in [0.29, 0.717) is 18.1 Å². The first-order chi connectivity index (χ1) is 23.3. The quantitative estimate of drug-likeness (QED) is 0.0322. The second-order valence-electron chi connectivity index (χ2n) is 13.2. The normalized spacial score (nSPS) is 16.9. The summed E-state index contributed by atoms with van der Waals surface area (Å²) >= 11 is 0.158. The van der Waals surface area contributed by atoms with Gasteiger partial charge in [-0.2, -0.15) is 0 Å². The van der Waals surface area contributed by atoms with Gasteiger partial charge >= 0.3 is 226 Å². The van der Waals surface area contributed by atoms with Crippen LogP contribution in [0.2, 0.25) is 0 Å². The molecule has 0 saturated heterocycles. The average molecular weight is 789 g/mol. The van der Waals surface area contributed by atoms with Crippen molar-refractivity contribution in [2.24, 2.45) is 5.92 Å². The van der Waals surface area contributed by atoms with Crippen LogP contribution in [0.3, 0.4) is 0 Å². The summed E-state index contributed by atoms with van der Waals surface area (Å²) in [5.41, 5.74) is 4.27. The number of unbranched alkanes of at least 4 members (excludes halogenated alkanes) is 11. The third kappa shape index (κ3) is 11.0. The van der Waals surface area contributed by atoms with Gasteiger partial charge in [0, 0.05) is 5.57 Å². The Morgan fingerprint density at radius 1 is 0.938 bits per heavy atom. The Morgan fingerprint density at radius 2 is 1.58 bits per heavy atom. The fourth-order valence-electron chi connectivity index (χ4n) is 6.50. The number of anilines is 1. The van der Waals surface area contributed by atoms with Gasteiger partial charge in [-0.25, -0.2) is 4.79 Å². The SMILES string of the molecule is C=C(C)C(=O)OCC(CCCCCCCCCC)CCCCCCCC1=Cc2c(OC)cccc2[Se]C12Nc1ccc([N+](=O)[O-])cc1[Se]2. The number of benzene rings is 2. The van der Waals surface area contributed by atoms with Gasteiger partial charge in [-0.1, -0.05) is 58.4 Å². The number of nitrogens with zero attached hydrogens (tertiary/aromatic N) is 1. The third-order valence-electron chi connectivity index (χ3n) is 9.29.